The van der Waals surface area contributed by atoms with Gasteiger partial charge in [-0.15, -0.1) is 0 Å². The fraction of sp³-hybridized carbons (Fsp3) is 0.316. The van der Waals surface area contributed by atoms with Crippen molar-refractivity contribution >= 4 is 22.6 Å². The van der Waals surface area contributed by atoms with E-state index in [0.717, 1.165) is 55.6 Å². The molecule has 1 aliphatic heterocycles. The second kappa shape index (κ2) is 6.93. The first kappa shape index (κ1) is 15.6. The molecule has 1 fully saturated rings. The highest BCUT2D eigenvalue weighted by atomic mass is 35.5. The summed E-state index contributed by atoms with van der Waals surface area (Å²) in [5.74, 6) is 1.13. The summed E-state index contributed by atoms with van der Waals surface area (Å²) in [6, 6.07) is 16.5. The van der Waals surface area contributed by atoms with Crippen LogP contribution in [-0.2, 0) is 13.1 Å². The minimum atomic E-state index is 0.773. The van der Waals surface area contributed by atoms with Gasteiger partial charge in [-0.25, -0.2) is 4.98 Å². The van der Waals surface area contributed by atoms with Crippen LogP contribution in [0.5, 0.6) is 0 Å². The number of hydrogen-bond acceptors (Lipinski definition) is 3. The fourth-order valence-corrected chi connectivity index (χ4v) is 3.39. The number of hydrogen-bond donors (Lipinski definition) is 1. The van der Waals surface area contributed by atoms with Crippen molar-refractivity contribution < 1.29 is 0 Å². The van der Waals surface area contributed by atoms with E-state index in [1.54, 1.807) is 0 Å². The molecular formula is C19H21ClN4. The maximum absolute atomic E-state index is 6.02. The van der Waals surface area contributed by atoms with E-state index in [9.17, 15) is 0 Å². The summed E-state index contributed by atoms with van der Waals surface area (Å²) in [5.41, 5.74) is 3.50. The van der Waals surface area contributed by atoms with Gasteiger partial charge in [-0.05, 0) is 29.8 Å². The number of nitrogens with zero attached hydrogens (tertiary/aromatic N) is 3. The van der Waals surface area contributed by atoms with Crippen molar-refractivity contribution in [2.24, 2.45) is 0 Å². The Hall–Kier alpha value is -1.88. The van der Waals surface area contributed by atoms with Gasteiger partial charge in [0.1, 0.15) is 5.82 Å². The van der Waals surface area contributed by atoms with Crippen molar-refractivity contribution in [2.75, 3.05) is 26.2 Å². The Labute approximate surface area is 147 Å². The Morgan fingerprint density at radius 1 is 0.958 bits per heavy atom. The van der Waals surface area contributed by atoms with Gasteiger partial charge in [0.2, 0.25) is 0 Å². The van der Waals surface area contributed by atoms with Gasteiger partial charge in [0, 0.05) is 37.7 Å². The van der Waals surface area contributed by atoms with Crippen LogP contribution < -0.4 is 5.32 Å². The molecule has 1 N–H and O–H groups in total. The van der Waals surface area contributed by atoms with Crippen molar-refractivity contribution in [2.45, 2.75) is 13.1 Å². The molecule has 0 bridgehead atoms. The molecule has 0 aliphatic carbocycles. The zero-order valence-corrected chi connectivity index (χ0v) is 14.3. The zero-order valence-electron chi connectivity index (χ0n) is 13.6. The van der Waals surface area contributed by atoms with Crippen LogP contribution in [0.4, 0.5) is 0 Å². The smallest absolute Gasteiger partial charge is 0.124 e. The zero-order chi connectivity index (χ0) is 16.4. The number of aromatic nitrogens is 2. The first-order valence-electron chi connectivity index (χ1n) is 8.41. The van der Waals surface area contributed by atoms with Gasteiger partial charge in [-0.2, -0.15) is 0 Å². The summed E-state index contributed by atoms with van der Waals surface area (Å²) < 4.78 is 2.33. The van der Waals surface area contributed by atoms with Crippen LogP contribution in [0.25, 0.3) is 11.0 Å². The van der Waals surface area contributed by atoms with E-state index in [2.05, 4.69) is 51.2 Å². The van der Waals surface area contributed by atoms with Crippen molar-refractivity contribution in [3.05, 3.63) is 64.9 Å². The van der Waals surface area contributed by atoms with E-state index in [0.29, 0.717) is 0 Å². The fourth-order valence-electron chi connectivity index (χ4n) is 3.26. The van der Waals surface area contributed by atoms with Crippen LogP contribution in [0.2, 0.25) is 5.02 Å². The van der Waals surface area contributed by atoms with Crippen molar-refractivity contribution in [1.29, 1.82) is 0 Å². The molecule has 4 nitrogen and oxygen atoms in total. The molecule has 2 heterocycles. The monoisotopic (exact) mass is 340 g/mol. The molecule has 0 atom stereocenters. The predicted octanol–water partition coefficient (Wildman–Crippen LogP) is 3.14. The first-order valence-corrected chi connectivity index (χ1v) is 8.79. The Morgan fingerprint density at radius 2 is 1.71 bits per heavy atom. The van der Waals surface area contributed by atoms with Gasteiger partial charge in [-0.1, -0.05) is 35.9 Å². The van der Waals surface area contributed by atoms with Crippen molar-refractivity contribution in [3.63, 3.8) is 0 Å². The maximum atomic E-state index is 6.02. The van der Waals surface area contributed by atoms with Gasteiger partial charge in [0.05, 0.1) is 17.6 Å². The summed E-state index contributed by atoms with van der Waals surface area (Å²) in [6.07, 6.45) is 0. The highest BCUT2D eigenvalue weighted by Crippen LogP contribution is 2.20. The van der Waals surface area contributed by atoms with Crippen LogP contribution in [0.3, 0.4) is 0 Å². The van der Waals surface area contributed by atoms with E-state index in [4.69, 9.17) is 16.6 Å². The number of nitrogens with one attached hydrogen (secondary N) is 1. The molecule has 4 rings (SSSR count). The van der Waals surface area contributed by atoms with E-state index in [1.807, 2.05) is 12.1 Å². The van der Waals surface area contributed by atoms with Crippen LogP contribution in [0, 0.1) is 0 Å². The lowest BCUT2D eigenvalue weighted by Crippen LogP contribution is -2.43. The molecule has 24 heavy (non-hydrogen) atoms. The SMILES string of the molecule is Clc1ccc(Cn2c(CN3CCNCC3)nc3ccccc32)cc1. The van der Waals surface area contributed by atoms with Crippen molar-refractivity contribution in [1.82, 2.24) is 19.8 Å². The van der Waals surface area contributed by atoms with Gasteiger partial charge in [0.15, 0.2) is 0 Å². The lowest BCUT2D eigenvalue weighted by Gasteiger charge is -2.27. The maximum Gasteiger partial charge on any atom is 0.124 e. The number of para-hydroxylation sites is 2. The van der Waals surface area contributed by atoms with Crippen LogP contribution in [-0.4, -0.2) is 40.6 Å². The normalized spacial score (nSPS) is 15.9. The molecule has 1 aliphatic rings. The first-order chi connectivity index (χ1) is 11.8. The number of fused-ring (bicyclic) bond motifs is 1. The topological polar surface area (TPSA) is 33.1 Å². The largest absolute Gasteiger partial charge is 0.322 e. The molecule has 0 saturated carbocycles. The standard InChI is InChI=1S/C19H21ClN4/c20-16-7-5-15(6-8-16)13-24-18-4-2-1-3-17(18)22-19(24)14-23-11-9-21-10-12-23/h1-8,21H,9-14H2. The summed E-state index contributed by atoms with van der Waals surface area (Å²) in [5, 5.41) is 4.18. The lowest BCUT2D eigenvalue weighted by atomic mass is 10.2. The minimum Gasteiger partial charge on any atom is -0.322 e. The molecule has 5 heteroatoms. The molecule has 0 unspecified atom stereocenters. The third kappa shape index (κ3) is 3.31. The lowest BCUT2D eigenvalue weighted by molar-refractivity contribution is 0.226. The summed E-state index contributed by atoms with van der Waals surface area (Å²) in [7, 11) is 0. The summed E-state index contributed by atoms with van der Waals surface area (Å²) in [4.78, 5) is 7.36. The highest BCUT2D eigenvalue weighted by Gasteiger charge is 2.16. The van der Waals surface area contributed by atoms with E-state index in [-0.39, 0.29) is 0 Å². The second-order valence-corrected chi connectivity index (χ2v) is 6.69. The third-order valence-electron chi connectivity index (χ3n) is 4.56. The quantitative estimate of drug-likeness (QED) is 0.792. The van der Waals surface area contributed by atoms with Gasteiger partial charge < -0.3 is 9.88 Å². The van der Waals surface area contributed by atoms with E-state index >= 15 is 0 Å². The number of halogens is 1. The molecule has 2 aromatic carbocycles. The summed E-state index contributed by atoms with van der Waals surface area (Å²) >= 11 is 6.02. The van der Waals surface area contributed by atoms with E-state index < -0.39 is 0 Å². The van der Waals surface area contributed by atoms with Gasteiger partial charge in [-0.3, -0.25) is 4.90 Å². The molecule has 1 aromatic heterocycles. The summed E-state index contributed by atoms with van der Waals surface area (Å²) in [6.45, 7) is 5.96. The van der Waals surface area contributed by atoms with Crippen molar-refractivity contribution in [3.8, 4) is 0 Å². The predicted molar refractivity (Wildman–Crippen MR) is 98.4 cm³/mol. The van der Waals surface area contributed by atoms with Crippen LogP contribution in [0.1, 0.15) is 11.4 Å². The van der Waals surface area contributed by atoms with Crippen LogP contribution in [0.15, 0.2) is 48.5 Å². The Bertz CT molecular complexity index is 819. The average Bonchev–Trinajstić information content (AvgIpc) is 2.95. The number of piperazine rings is 1. The average molecular weight is 341 g/mol. The van der Waals surface area contributed by atoms with Gasteiger partial charge >= 0.3 is 0 Å². The van der Waals surface area contributed by atoms with Gasteiger partial charge in [0.25, 0.3) is 0 Å². The number of rotatable bonds is 4. The molecule has 0 radical (unpaired) electrons. The third-order valence-corrected chi connectivity index (χ3v) is 4.81. The van der Waals surface area contributed by atoms with Crippen LogP contribution >= 0.6 is 11.6 Å². The number of imidazole rings is 1. The molecule has 124 valence electrons. The molecule has 3 aromatic rings. The van der Waals surface area contributed by atoms with E-state index in [1.165, 1.54) is 11.1 Å². The number of benzene rings is 2. The minimum absolute atomic E-state index is 0.773. The Kier molecular flexibility index (Phi) is 4.52. The molecule has 0 spiro atoms. The highest BCUT2D eigenvalue weighted by molar-refractivity contribution is 6.30. The molecular weight excluding hydrogens is 320 g/mol. The molecule has 0 amide bonds. The Morgan fingerprint density at radius 3 is 2.50 bits per heavy atom. The second-order valence-electron chi connectivity index (χ2n) is 6.26. The Balaban J connectivity index is 1.68. The molecule has 1 saturated heterocycles.